The predicted octanol–water partition coefficient (Wildman–Crippen LogP) is 0.221. The fourth-order valence-electron chi connectivity index (χ4n) is 1.34. The van der Waals surface area contributed by atoms with Gasteiger partial charge in [0, 0.05) is 13.1 Å². The molecule has 1 rings (SSSR count). The SMILES string of the molecule is [O]CCCN1CCCC1O. The highest BCUT2D eigenvalue weighted by Crippen LogP contribution is 2.13. The van der Waals surface area contributed by atoms with Crippen LogP contribution < -0.4 is 0 Å². The monoisotopic (exact) mass is 144 g/mol. The van der Waals surface area contributed by atoms with Crippen molar-refractivity contribution in [1.29, 1.82) is 0 Å². The van der Waals surface area contributed by atoms with E-state index in [-0.39, 0.29) is 12.8 Å². The largest absolute Gasteiger partial charge is 0.378 e. The Kier molecular flexibility index (Phi) is 3.12. The summed E-state index contributed by atoms with van der Waals surface area (Å²) in [6, 6.07) is 0. The molecule has 1 heterocycles. The lowest BCUT2D eigenvalue weighted by Gasteiger charge is -2.18. The minimum Gasteiger partial charge on any atom is -0.378 e. The zero-order valence-corrected chi connectivity index (χ0v) is 6.12. The maximum atomic E-state index is 10.1. The van der Waals surface area contributed by atoms with Crippen LogP contribution in [0.2, 0.25) is 0 Å². The molecule has 0 spiro atoms. The Hall–Kier alpha value is -0.120. The number of nitrogens with zero attached hydrogens (tertiary/aromatic N) is 1. The summed E-state index contributed by atoms with van der Waals surface area (Å²) in [5, 5.41) is 19.3. The quantitative estimate of drug-likeness (QED) is 0.615. The van der Waals surface area contributed by atoms with Crippen molar-refractivity contribution in [3.63, 3.8) is 0 Å². The number of hydrogen-bond donors (Lipinski definition) is 1. The summed E-state index contributed by atoms with van der Waals surface area (Å²) in [6.45, 7) is 1.70. The Morgan fingerprint density at radius 3 is 2.90 bits per heavy atom. The van der Waals surface area contributed by atoms with Gasteiger partial charge in [-0.25, -0.2) is 5.11 Å². The number of hydrogen-bond acceptors (Lipinski definition) is 2. The van der Waals surface area contributed by atoms with E-state index in [4.69, 9.17) is 0 Å². The smallest absolute Gasteiger partial charge is 0.107 e. The highest BCUT2D eigenvalue weighted by atomic mass is 16.3. The lowest BCUT2D eigenvalue weighted by Crippen LogP contribution is -2.30. The number of rotatable bonds is 3. The fraction of sp³-hybridized carbons (Fsp3) is 1.00. The third-order valence-corrected chi connectivity index (χ3v) is 1.92. The van der Waals surface area contributed by atoms with Gasteiger partial charge in [-0.1, -0.05) is 0 Å². The molecule has 0 aromatic carbocycles. The van der Waals surface area contributed by atoms with Crippen molar-refractivity contribution >= 4 is 0 Å². The summed E-state index contributed by atoms with van der Waals surface area (Å²) in [4.78, 5) is 1.97. The number of aliphatic hydroxyl groups is 1. The highest BCUT2D eigenvalue weighted by molar-refractivity contribution is 4.69. The lowest BCUT2D eigenvalue weighted by molar-refractivity contribution is 0.0320. The maximum Gasteiger partial charge on any atom is 0.107 e. The second-order valence-electron chi connectivity index (χ2n) is 2.72. The molecule has 1 atom stereocenters. The zero-order chi connectivity index (χ0) is 7.40. The molecule has 1 aliphatic heterocycles. The molecular formula is C7H14NO2. The first-order valence-electron chi connectivity index (χ1n) is 3.85. The van der Waals surface area contributed by atoms with Crippen molar-refractivity contribution in [3.05, 3.63) is 0 Å². The van der Waals surface area contributed by atoms with Crippen molar-refractivity contribution in [3.8, 4) is 0 Å². The van der Waals surface area contributed by atoms with Crippen LogP contribution in [-0.2, 0) is 5.11 Å². The molecule has 0 bridgehead atoms. The molecule has 0 aliphatic carbocycles. The molecule has 3 heteroatoms. The Morgan fingerprint density at radius 1 is 1.60 bits per heavy atom. The predicted molar refractivity (Wildman–Crippen MR) is 37.0 cm³/mol. The summed E-state index contributed by atoms with van der Waals surface area (Å²) in [7, 11) is 0. The van der Waals surface area contributed by atoms with Crippen molar-refractivity contribution < 1.29 is 10.2 Å². The van der Waals surface area contributed by atoms with Crippen LogP contribution >= 0.6 is 0 Å². The van der Waals surface area contributed by atoms with Crippen LogP contribution in [-0.4, -0.2) is 35.9 Å². The van der Waals surface area contributed by atoms with E-state index in [1.807, 2.05) is 4.90 Å². The third kappa shape index (κ3) is 1.94. The molecule has 0 aromatic heterocycles. The van der Waals surface area contributed by atoms with E-state index in [9.17, 15) is 10.2 Å². The minimum atomic E-state index is -0.272. The van der Waals surface area contributed by atoms with Gasteiger partial charge < -0.3 is 5.11 Å². The van der Waals surface area contributed by atoms with Crippen LogP contribution in [0.5, 0.6) is 0 Å². The van der Waals surface area contributed by atoms with Gasteiger partial charge in [-0.05, 0) is 19.3 Å². The van der Waals surface area contributed by atoms with Crippen LogP contribution in [0.3, 0.4) is 0 Å². The van der Waals surface area contributed by atoms with Gasteiger partial charge in [-0.3, -0.25) is 4.90 Å². The average molecular weight is 144 g/mol. The van der Waals surface area contributed by atoms with Crippen molar-refractivity contribution in [2.45, 2.75) is 25.5 Å². The fourth-order valence-corrected chi connectivity index (χ4v) is 1.34. The first-order valence-corrected chi connectivity index (χ1v) is 3.85. The molecule has 1 radical (unpaired) electrons. The van der Waals surface area contributed by atoms with E-state index in [1.165, 1.54) is 0 Å². The zero-order valence-electron chi connectivity index (χ0n) is 6.12. The van der Waals surface area contributed by atoms with E-state index < -0.39 is 0 Å². The molecular weight excluding hydrogens is 130 g/mol. The normalized spacial score (nSPS) is 27.6. The van der Waals surface area contributed by atoms with Gasteiger partial charge in [0.1, 0.15) is 6.23 Å². The molecule has 10 heavy (non-hydrogen) atoms. The van der Waals surface area contributed by atoms with Crippen molar-refractivity contribution in [2.24, 2.45) is 0 Å². The molecule has 1 fully saturated rings. The van der Waals surface area contributed by atoms with Gasteiger partial charge in [-0.15, -0.1) is 0 Å². The Morgan fingerprint density at radius 2 is 2.40 bits per heavy atom. The minimum absolute atomic E-state index is 0.0246. The van der Waals surface area contributed by atoms with E-state index >= 15 is 0 Å². The van der Waals surface area contributed by atoms with Crippen molar-refractivity contribution in [1.82, 2.24) is 4.90 Å². The van der Waals surface area contributed by atoms with Crippen LogP contribution in [0.25, 0.3) is 0 Å². The first-order chi connectivity index (χ1) is 4.84. The first kappa shape index (κ1) is 7.98. The number of likely N-dealkylation sites (tertiary alicyclic amines) is 1. The molecule has 59 valence electrons. The van der Waals surface area contributed by atoms with Crippen LogP contribution in [0.4, 0.5) is 0 Å². The summed E-state index contributed by atoms with van der Waals surface area (Å²) in [5.74, 6) is 0. The van der Waals surface area contributed by atoms with Gasteiger partial charge in [0.2, 0.25) is 0 Å². The highest BCUT2D eigenvalue weighted by Gasteiger charge is 2.20. The third-order valence-electron chi connectivity index (χ3n) is 1.92. The molecule has 1 N–H and O–H groups in total. The molecule has 0 aromatic rings. The standard InChI is InChI=1S/C7H14NO2/c9-6-2-5-8-4-1-3-7(8)10/h7,10H,1-6H2. The Balaban J connectivity index is 2.14. The summed E-state index contributed by atoms with van der Waals surface area (Å²) < 4.78 is 0. The average Bonchev–Trinajstić information content (AvgIpc) is 2.31. The Labute approximate surface area is 61.3 Å². The van der Waals surface area contributed by atoms with Gasteiger partial charge in [0.25, 0.3) is 0 Å². The Bertz CT molecular complexity index is 97.6. The summed E-state index contributed by atoms with van der Waals surface area (Å²) in [5.41, 5.74) is 0. The second-order valence-corrected chi connectivity index (χ2v) is 2.72. The summed E-state index contributed by atoms with van der Waals surface area (Å²) >= 11 is 0. The van der Waals surface area contributed by atoms with Crippen LogP contribution in [0.1, 0.15) is 19.3 Å². The molecule has 1 aliphatic rings. The number of aliphatic hydroxyl groups excluding tert-OH is 1. The molecule has 1 saturated heterocycles. The van der Waals surface area contributed by atoms with E-state index in [2.05, 4.69) is 0 Å². The second kappa shape index (κ2) is 3.91. The molecule has 1 unspecified atom stereocenters. The van der Waals surface area contributed by atoms with Crippen molar-refractivity contribution in [2.75, 3.05) is 19.7 Å². The van der Waals surface area contributed by atoms with Crippen LogP contribution in [0, 0.1) is 0 Å². The van der Waals surface area contributed by atoms with Crippen LogP contribution in [0.15, 0.2) is 0 Å². The molecule has 0 saturated carbocycles. The molecule has 0 amide bonds. The van der Waals surface area contributed by atoms with E-state index in [0.717, 1.165) is 25.9 Å². The van der Waals surface area contributed by atoms with E-state index in [1.54, 1.807) is 0 Å². The van der Waals surface area contributed by atoms with Gasteiger partial charge in [0.15, 0.2) is 0 Å². The summed E-state index contributed by atoms with van der Waals surface area (Å²) in [6.07, 6.45) is 2.34. The molecule has 3 nitrogen and oxygen atoms in total. The van der Waals surface area contributed by atoms with Gasteiger partial charge in [-0.2, -0.15) is 0 Å². The van der Waals surface area contributed by atoms with E-state index in [0.29, 0.717) is 6.42 Å². The lowest BCUT2D eigenvalue weighted by atomic mass is 10.4. The maximum absolute atomic E-state index is 10.1. The topological polar surface area (TPSA) is 43.4 Å². The van der Waals surface area contributed by atoms with Gasteiger partial charge in [0.05, 0.1) is 6.61 Å². The van der Waals surface area contributed by atoms with Gasteiger partial charge >= 0.3 is 0 Å².